The molecule has 1 aromatic heterocycles. The standard InChI is InChI=1S/C18H15ClN2O2/c19-14-8-9-17(22)15(11-14)20-18(23)16-7-4-10-21(16)12-13-5-2-1-3-6-13/h1-11,22H,12H2,(H,20,23). The molecule has 3 aromatic rings. The molecule has 0 saturated carbocycles. The first-order valence-electron chi connectivity index (χ1n) is 7.12. The lowest BCUT2D eigenvalue weighted by atomic mass is 10.2. The van der Waals surface area contributed by atoms with Crippen molar-refractivity contribution in [1.29, 1.82) is 0 Å². The Morgan fingerprint density at radius 1 is 1.09 bits per heavy atom. The highest BCUT2D eigenvalue weighted by atomic mass is 35.5. The predicted molar refractivity (Wildman–Crippen MR) is 91.0 cm³/mol. The van der Waals surface area contributed by atoms with Gasteiger partial charge in [-0.2, -0.15) is 0 Å². The van der Waals surface area contributed by atoms with Crippen LogP contribution in [0.1, 0.15) is 16.1 Å². The molecule has 0 fully saturated rings. The van der Waals surface area contributed by atoms with Gasteiger partial charge in [0.2, 0.25) is 0 Å². The van der Waals surface area contributed by atoms with Gasteiger partial charge >= 0.3 is 0 Å². The van der Waals surface area contributed by atoms with Gasteiger partial charge < -0.3 is 15.0 Å². The van der Waals surface area contributed by atoms with Gasteiger partial charge in [0, 0.05) is 17.8 Å². The van der Waals surface area contributed by atoms with E-state index in [1.807, 2.05) is 47.2 Å². The number of phenols is 1. The summed E-state index contributed by atoms with van der Waals surface area (Å²) >= 11 is 5.90. The second-order valence-corrected chi connectivity index (χ2v) is 5.56. The van der Waals surface area contributed by atoms with E-state index in [4.69, 9.17) is 11.6 Å². The molecule has 0 aliphatic heterocycles. The Kier molecular flexibility index (Phi) is 4.35. The maximum atomic E-state index is 12.5. The Hall–Kier alpha value is -2.72. The Balaban J connectivity index is 1.81. The van der Waals surface area contributed by atoms with Gasteiger partial charge in [0.15, 0.2) is 0 Å². The number of hydrogen-bond acceptors (Lipinski definition) is 2. The van der Waals surface area contributed by atoms with Gasteiger partial charge in [-0.05, 0) is 35.9 Å². The van der Waals surface area contributed by atoms with Crippen molar-refractivity contribution < 1.29 is 9.90 Å². The van der Waals surface area contributed by atoms with E-state index in [0.29, 0.717) is 17.3 Å². The molecule has 0 saturated heterocycles. The Morgan fingerprint density at radius 2 is 1.87 bits per heavy atom. The molecule has 1 amide bonds. The number of carbonyl (C=O) groups is 1. The minimum Gasteiger partial charge on any atom is -0.506 e. The highest BCUT2D eigenvalue weighted by Gasteiger charge is 2.13. The normalized spacial score (nSPS) is 10.5. The number of amides is 1. The average molecular weight is 327 g/mol. The first kappa shape index (κ1) is 15.2. The topological polar surface area (TPSA) is 54.3 Å². The fraction of sp³-hybridized carbons (Fsp3) is 0.0556. The fourth-order valence-corrected chi connectivity index (χ4v) is 2.51. The van der Waals surface area contributed by atoms with Gasteiger partial charge in [-0.1, -0.05) is 41.9 Å². The van der Waals surface area contributed by atoms with Crippen LogP contribution < -0.4 is 5.32 Å². The molecular weight excluding hydrogens is 312 g/mol. The summed E-state index contributed by atoms with van der Waals surface area (Å²) in [4.78, 5) is 12.5. The molecule has 2 N–H and O–H groups in total. The van der Waals surface area contributed by atoms with Crippen molar-refractivity contribution in [2.24, 2.45) is 0 Å². The zero-order valence-corrected chi connectivity index (χ0v) is 13.0. The van der Waals surface area contributed by atoms with E-state index in [0.717, 1.165) is 5.56 Å². The summed E-state index contributed by atoms with van der Waals surface area (Å²) in [6, 6.07) is 18.0. The van der Waals surface area contributed by atoms with Gasteiger partial charge in [0.25, 0.3) is 5.91 Å². The van der Waals surface area contributed by atoms with Crippen LogP contribution in [0.15, 0.2) is 66.9 Å². The van der Waals surface area contributed by atoms with Crippen molar-refractivity contribution in [3.05, 3.63) is 83.1 Å². The van der Waals surface area contributed by atoms with Crippen LogP contribution in [0.2, 0.25) is 5.02 Å². The van der Waals surface area contributed by atoms with Gasteiger partial charge in [0.05, 0.1) is 5.69 Å². The molecule has 3 rings (SSSR count). The van der Waals surface area contributed by atoms with E-state index in [-0.39, 0.29) is 17.3 Å². The molecule has 4 nitrogen and oxygen atoms in total. The summed E-state index contributed by atoms with van der Waals surface area (Å²) in [5.41, 5.74) is 1.89. The molecule has 0 aliphatic rings. The number of nitrogens with one attached hydrogen (secondary N) is 1. The third-order valence-corrected chi connectivity index (χ3v) is 3.70. The summed E-state index contributed by atoms with van der Waals surface area (Å²) < 4.78 is 1.85. The van der Waals surface area contributed by atoms with Crippen LogP contribution in [0.3, 0.4) is 0 Å². The van der Waals surface area contributed by atoms with Crippen molar-refractivity contribution in [3.8, 4) is 5.75 Å². The van der Waals surface area contributed by atoms with Gasteiger partial charge in [-0.25, -0.2) is 0 Å². The number of aromatic hydroxyl groups is 1. The Bertz CT molecular complexity index is 828. The molecule has 0 radical (unpaired) electrons. The number of aromatic nitrogens is 1. The molecule has 2 aromatic carbocycles. The molecule has 0 aliphatic carbocycles. The third kappa shape index (κ3) is 3.55. The van der Waals surface area contributed by atoms with Crippen LogP contribution in [0, 0.1) is 0 Å². The van der Waals surface area contributed by atoms with E-state index in [9.17, 15) is 9.90 Å². The molecule has 0 spiro atoms. The van der Waals surface area contributed by atoms with Crippen LogP contribution in [-0.2, 0) is 6.54 Å². The molecule has 5 heteroatoms. The van der Waals surface area contributed by atoms with Crippen LogP contribution >= 0.6 is 11.6 Å². The second kappa shape index (κ2) is 6.58. The summed E-state index contributed by atoms with van der Waals surface area (Å²) in [7, 11) is 0. The maximum absolute atomic E-state index is 12.5. The summed E-state index contributed by atoms with van der Waals surface area (Å²) in [6.45, 7) is 0.595. The van der Waals surface area contributed by atoms with Crippen LogP contribution in [0.4, 0.5) is 5.69 Å². The molecule has 0 atom stereocenters. The lowest BCUT2D eigenvalue weighted by Gasteiger charge is -2.11. The van der Waals surface area contributed by atoms with E-state index >= 15 is 0 Å². The van der Waals surface area contributed by atoms with Gasteiger partial charge in [-0.15, -0.1) is 0 Å². The molecular formula is C18H15ClN2O2. The number of carbonyl (C=O) groups excluding carboxylic acids is 1. The van der Waals surface area contributed by atoms with E-state index < -0.39 is 0 Å². The van der Waals surface area contributed by atoms with Crippen molar-refractivity contribution >= 4 is 23.2 Å². The number of rotatable bonds is 4. The average Bonchev–Trinajstić information content (AvgIpc) is 3.00. The molecule has 0 bridgehead atoms. The minimum absolute atomic E-state index is 0.0242. The summed E-state index contributed by atoms with van der Waals surface area (Å²) in [5.74, 6) is -0.326. The number of anilines is 1. The lowest BCUT2D eigenvalue weighted by Crippen LogP contribution is -2.17. The second-order valence-electron chi connectivity index (χ2n) is 5.12. The van der Waals surface area contributed by atoms with Crippen molar-refractivity contribution in [2.75, 3.05) is 5.32 Å². The number of benzene rings is 2. The maximum Gasteiger partial charge on any atom is 0.272 e. The van der Waals surface area contributed by atoms with Gasteiger partial charge in [0.1, 0.15) is 11.4 Å². The largest absolute Gasteiger partial charge is 0.506 e. The van der Waals surface area contributed by atoms with Crippen molar-refractivity contribution in [3.63, 3.8) is 0 Å². The smallest absolute Gasteiger partial charge is 0.272 e. The lowest BCUT2D eigenvalue weighted by molar-refractivity contribution is 0.101. The fourth-order valence-electron chi connectivity index (χ4n) is 2.33. The van der Waals surface area contributed by atoms with Crippen LogP contribution in [-0.4, -0.2) is 15.6 Å². The zero-order valence-electron chi connectivity index (χ0n) is 12.2. The Labute approximate surface area is 139 Å². The van der Waals surface area contributed by atoms with E-state index in [1.165, 1.54) is 12.1 Å². The first-order chi connectivity index (χ1) is 11.1. The SMILES string of the molecule is O=C(Nc1cc(Cl)ccc1O)c1cccn1Cc1ccccc1. The molecule has 0 unspecified atom stereocenters. The Morgan fingerprint density at radius 3 is 2.65 bits per heavy atom. The van der Waals surface area contributed by atoms with E-state index in [1.54, 1.807) is 12.1 Å². The summed E-state index contributed by atoms with van der Waals surface area (Å²) in [6.07, 6.45) is 1.85. The summed E-state index contributed by atoms with van der Waals surface area (Å²) in [5, 5.41) is 12.9. The number of nitrogens with zero attached hydrogens (tertiary/aromatic N) is 1. The molecule has 23 heavy (non-hydrogen) atoms. The number of hydrogen-bond donors (Lipinski definition) is 2. The number of halogens is 1. The first-order valence-corrected chi connectivity index (χ1v) is 7.50. The molecule has 116 valence electrons. The van der Waals surface area contributed by atoms with Crippen molar-refractivity contribution in [2.45, 2.75) is 6.54 Å². The van der Waals surface area contributed by atoms with Crippen LogP contribution in [0.5, 0.6) is 5.75 Å². The zero-order chi connectivity index (χ0) is 16.2. The number of phenolic OH excluding ortho intramolecular Hbond substituents is 1. The highest BCUT2D eigenvalue weighted by molar-refractivity contribution is 6.31. The van der Waals surface area contributed by atoms with Crippen LogP contribution in [0.25, 0.3) is 0 Å². The predicted octanol–water partition coefficient (Wildman–Crippen LogP) is 4.15. The monoisotopic (exact) mass is 326 g/mol. The third-order valence-electron chi connectivity index (χ3n) is 3.46. The minimum atomic E-state index is -0.302. The molecule has 1 heterocycles. The van der Waals surface area contributed by atoms with E-state index in [2.05, 4.69) is 5.32 Å². The highest BCUT2D eigenvalue weighted by Crippen LogP contribution is 2.27. The van der Waals surface area contributed by atoms with Gasteiger partial charge in [-0.3, -0.25) is 4.79 Å². The quantitative estimate of drug-likeness (QED) is 0.708. The van der Waals surface area contributed by atoms with Crippen molar-refractivity contribution in [1.82, 2.24) is 4.57 Å².